The minimum absolute atomic E-state index is 0.0199. The number of rotatable bonds is 2. The van der Waals surface area contributed by atoms with Crippen LogP contribution in [-0.2, 0) is 14.4 Å². The van der Waals surface area contributed by atoms with Crippen LogP contribution in [0.3, 0.4) is 0 Å². The van der Waals surface area contributed by atoms with Crippen LogP contribution in [0.25, 0.3) is 0 Å². The third-order valence-corrected chi connectivity index (χ3v) is 6.00. The number of hydrogen-bond donors (Lipinski definition) is 1. The predicted octanol–water partition coefficient (Wildman–Crippen LogP) is 0.618. The molecule has 4 unspecified atom stereocenters. The third-order valence-electron chi connectivity index (χ3n) is 6.00. The summed E-state index contributed by atoms with van der Waals surface area (Å²) in [7, 11) is 0. The minimum atomic E-state index is -0.489. The molecule has 6 heteroatoms. The fourth-order valence-corrected chi connectivity index (χ4v) is 4.65. The highest BCUT2D eigenvalue weighted by atomic mass is 16.2. The molecule has 1 N–H and O–H groups in total. The first-order chi connectivity index (χ1) is 11.0. The van der Waals surface area contributed by atoms with Crippen LogP contribution in [0.5, 0.6) is 0 Å². The molecule has 6 nitrogen and oxygen atoms in total. The van der Waals surface area contributed by atoms with E-state index >= 15 is 0 Å². The zero-order valence-corrected chi connectivity index (χ0v) is 14.1. The van der Waals surface area contributed by atoms with E-state index in [0.717, 1.165) is 11.8 Å². The monoisotopic (exact) mass is 321 g/mol. The molecule has 0 aromatic rings. The zero-order valence-electron chi connectivity index (χ0n) is 14.1. The molecule has 1 aliphatic heterocycles. The van der Waals surface area contributed by atoms with E-state index in [4.69, 9.17) is 0 Å². The molecule has 2 saturated carbocycles. The lowest BCUT2D eigenvalue weighted by atomic mass is 9.84. The van der Waals surface area contributed by atoms with Crippen LogP contribution in [0.4, 0.5) is 0 Å². The number of nitrogens with zero attached hydrogens (tertiary/aromatic N) is 2. The van der Waals surface area contributed by atoms with E-state index in [1.165, 1.54) is 32.6 Å². The predicted molar refractivity (Wildman–Crippen MR) is 85.4 cm³/mol. The maximum Gasteiger partial charge on any atom is 0.312 e. The highest BCUT2D eigenvalue weighted by molar-refractivity contribution is 6.35. The van der Waals surface area contributed by atoms with Gasteiger partial charge in [0.2, 0.25) is 5.91 Å². The molecule has 0 radical (unpaired) electrons. The summed E-state index contributed by atoms with van der Waals surface area (Å²) in [6.07, 6.45) is 5.10. The quantitative estimate of drug-likeness (QED) is 0.758. The molecule has 3 amide bonds. The van der Waals surface area contributed by atoms with Gasteiger partial charge in [0.1, 0.15) is 0 Å². The largest absolute Gasteiger partial charge is 0.345 e. The fourth-order valence-electron chi connectivity index (χ4n) is 4.65. The molecule has 0 aromatic heterocycles. The van der Waals surface area contributed by atoms with Gasteiger partial charge in [-0.05, 0) is 43.9 Å². The van der Waals surface area contributed by atoms with E-state index in [2.05, 4.69) is 5.32 Å². The van der Waals surface area contributed by atoms with Crippen LogP contribution in [-0.4, -0.2) is 59.7 Å². The highest BCUT2D eigenvalue weighted by Crippen LogP contribution is 2.49. The van der Waals surface area contributed by atoms with Crippen molar-refractivity contribution in [1.82, 2.24) is 15.1 Å². The van der Waals surface area contributed by atoms with E-state index in [-0.39, 0.29) is 11.9 Å². The summed E-state index contributed by atoms with van der Waals surface area (Å²) in [6.45, 7) is 5.46. The van der Waals surface area contributed by atoms with E-state index < -0.39 is 11.8 Å². The summed E-state index contributed by atoms with van der Waals surface area (Å²) in [5.74, 6) is 1.16. The van der Waals surface area contributed by atoms with Crippen LogP contribution >= 0.6 is 0 Å². The average molecular weight is 321 g/mol. The van der Waals surface area contributed by atoms with Crippen molar-refractivity contribution >= 4 is 17.7 Å². The highest BCUT2D eigenvalue weighted by Gasteiger charge is 2.42. The Morgan fingerprint density at radius 2 is 1.65 bits per heavy atom. The Hall–Kier alpha value is -1.59. The Balaban J connectivity index is 1.48. The lowest BCUT2D eigenvalue weighted by molar-refractivity contribution is -0.148. The third kappa shape index (κ3) is 3.35. The van der Waals surface area contributed by atoms with E-state index in [1.807, 2.05) is 6.92 Å². The molecule has 2 aliphatic carbocycles. The Bertz CT molecular complexity index is 499. The van der Waals surface area contributed by atoms with Crippen LogP contribution in [0.1, 0.15) is 39.5 Å². The van der Waals surface area contributed by atoms with Crippen molar-refractivity contribution in [3.05, 3.63) is 0 Å². The minimum Gasteiger partial charge on any atom is -0.345 e. The number of amides is 3. The summed E-state index contributed by atoms with van der Waals surface area (Å²) in [5.41, 5.74) is 0. The molecule has 4 atom stereocenters. The van der Waals surface area contributed by atoms with Gasteiger partial charge in [-0.3, -0.25) is 14.4 Å². The second-order valence-electron chi connectivity index (χ2n) is 7.40. The first-order valence-corrected chi connectivity index (χ1v) is 8.81. The van der Waals surface area contributed by atoms with Gasteiger partial charge in [-0.2, -0.15) is 0 Å². The van der Waals surface area contributed by atoms with Gasteiger partial charge in [0.15, 0.2) is 0 Å². The second-order valence-corrected chi connectivity index (χ2v) is 7.40. The summed E-state index contributed by atoms with van der Waals surface area (Å²) in [5, 5.41) is 2.93. The fraction of sp³-hybridized carbons (Fsp3) is 0.824. The average Bonchev–Trinajstić information content (AvgIpc) is 3.17. The van der Waals surface area contributed by atoms with Crippen molar-refractivity contribution < 1.29 is 14.4 Å². The molecule has 3 aliphatic rings. The van der Waals surface area contributed by atoms with Crippen molar-refractivity contribution in [3.8, 4) is 0 Å². The molecule has 0 spiro atoms. The Labute approximate surface area is 137 Å². The molecule has 1 saturated heterocycles. The normalized spacial score (nSPS) is 31.1. The maximum absolute atomic E-state index is 12.3. The van der Waals surface area contributed by atoms with Gasteiger partial charge in [-0.25, -0.2) is 0 Å². The molecule has 2 bridgehead atoms. The van der Waals surface area contributed by atoms with Crippen molar-refractivity contribution in [2.75, 3.05) is 26.2 Å². The number of piperazine rings is 1. The summed E-state index contributed by atoms with van der Waals surface area (Å²) < 4.78 is 0. The van der Waals surface area contributed by atoms with Gasteiger partial charge in [0.25, 0.3) is 0 Å². The maximum atomic E-state index is 12.3. The molecule has 3 rings (SSSR count). The lowest BCUT2D eigenvalue weighted by Gasteiger charge is -2.34. The Morgan fingerprint density at radius 1 is 1.00 bits per heavy atom. The van der Waals surface area contributed by atoms with Crippen LogP contribution in [0.15, 0.2) is 0 Å². The van der Waals surface area contributed by atoms with Crippen LogP contribution < -0.4 is 5.32 Å². The zero-order chi connectivity index (χ0) is 16.6. The number of fused-ring (bicyclic) bond motifs is 2. The van der Waals surface area contributed by atoms with E-state index in [1.54, 1.807) is 9.80 Å². The molecular formula is C17H27N3O3. The second kappa shape index (κ2) is 6.49. The van der Waals surface area contributed by atoms with Gasteiger partial charge in [-0.1, -0.05) is 6.42 Å². The molecule has 3 fully saturated rings. The van der Waals surface area contributed by atoms with Gasteiger partial charge in [0.05, 0.1) is 0 Å². The Kier molecular flexibility index (Phi) is 4.60. The molecule has 23 heavy (non-hydrogen) atoms. The smallest absolute Gasteiger partial charge is 0.312 e. The van der Waals surface area contributed by atoms with E-state index in [0.29, 0.717) is 32.1 Å². The molecule has 1 heterocycles. The number of nitrogens with one attached hydrogen (secondary N) is 1. The van der Waals surface area contributed by atoms with Gasteiger partial charge >= 0.3 is 11.8 Å². The standard InChI is InChI=1S/C17H27N3O3/c1-11(15-10-13-3-4-14(15)9-13)18-16(22)17(23)20-7-5-19(6-8-20)12(2)21/h11,13-15H,3-10H2,1-2H3,(H,18,22). The van der Waals surface area contributed by atoms with Gasteiger partial charge in [0, 0.05) is 39.1 Å². The number of carbonyl (C=O) groups is 3. The summed E-state index contributed by atoms with van der Waals surface area (Å²) >= 11 is 0. The van der Waals surface area contributed by atoms with Crippen LogP contribution in [0.2, 0.25) is 0 Å². The van der Waals surface area contributed by atoms with Gasteiger partial charge < -0.3 is 15.1 Å². The first-order valence-electron chi connectivity index (χ1n) is 8.81. The van der Waals surface area contributed by atoms with Crippen molar-refractivity contribution in [1.29, 1.82) is 0 Å². The van der Waals surface area contributed by atoms with Crippen molar-refractivity contribution in [3.63, 3.8) is 0 Å². The number of carbonyl (C=O) groups excluding carboxylic acids is 3. The SMILES string of the molecule is CC(=O)N1CCN(C(=O)C(=O)NC(C)C2CC3CCC2C3)CC1. The summed E-state index contributed by atoms with van der Waals surface area (Å²) in [4.78, 5) is 39.1. The number of hydrogen-bond acceptors (Lipinski definition) is 3. The summed E-state index contributed by atoms with van der Waals surface area (Å²) in [6, 6.07) is 0.0697. The topological polar surface area (TPSA) is 69.7 Å². The van der Waals surface area contributed by atoms with Crippen molar-refractivity contribution in [2.45, 2.75) is 45.6 Å². The molecule has 128 valence electrons. The molecular weight excluding hydrogens is 294 g/mol. The van der Waals surface area contributed by atoms with Crippen molar-refractivity contribution in [2.24, 2.45) is 17.8 Å². The van der Waals surface area contributed by atoms with E-state index in [9.17, 15) is 14.4 Å². The first kappa shape index (κ1) is 16.3. The lowest BCUT2D eigenvalue weighted by Crippen LogP contribution is -2.55. The Morgan fingerprint density at radius 3 is 2.17 bits per heavy atom. The van der Waals surface area contributed by atoms with Gasteiger partial charge in [-0.15, -0.1) is 0 Å². The molecule has 0 aromatic carbocycles. The van der Waals surface area contributed by atoms with Crippen LogP contribution in [0, 0.1) is 17.8 Å².